The number of rotatable bonds is 6. The van der Waals surface area contributed by atoms with Gasteiger partial charge in [0.1, 0.15) is 6.10 Å². The van der Waals surface area contributed by atoms with Crippen LogP contribution in [0.15, 0.2) is 60.8 Å². The molecule has 30 heavy (non-hydrogen) atoms. The van der Waals surface area contributed by atoms with Crippen molar-refractivity contribution in [1.29, 1.82) is 0 Å². The van der Waals surface area contributed by atoms with Crippen LogP contribution in [0.2, 0.25) is 0 Å². The van der Waals surface area contributed by atoms with Gasteiger partial charge in [0.2, 0.25) is 5.91 Å². The maximum absolute atomic E-state index is 13.0. The van der Waals surface area contributed by atoms with Crippen LogP contribution >= 0.6 is 0 Å². The molecular formula is C25H27N3O2. The van der Waals surface area contributed by atoms with E-state index in [1.807, 2.05) is 22.9 Å². The minimum Gasteiger partial charge on any atom is -0.370 e. The number of nitrogens with one attached hydrogen (secondary N) is 1. The first kappa shape index (κ1) is 19.1. The lowest BCUT2D eigenvalue weighted by Gasteiger charge is -2.24. The molecule has 2 aromatic carbocycles. The lowest BCUT2D eigenvalue weighted by molar-refractivity contribution is -0.124. The van der Waals surface area contributed by atoms with E-state index in [2.05, 4.69) is 54.8 Å². The Kier molecular flexibility index (Phi) is 4.91. The third-order valence-electron chi connectivity index (χ3n) is 6.29. The van der Waals surface area contributed by atoms with Crippen molar-refractivity contribution in [2.24, 2.45) is 0 Å². The number of nitrogens with zero attached hydrogens (tertiary/aromatic N) is 2. The van der Waals surface area contributed by atoms with Crippen LogP contribution in [0.1, 0.15) is 46.9 Å². The summed E-state index contributed by atoms with van der Waals surface area (Å²) in [5, 5.41) is 7.95. The van der Waals surface area contributed by atoms with Gasteiger partial charge in [-0.25, -0.2) is 0 Å². The first-order valence-electron chi connectivity index (χ1n) is 10.7. The number of aryl methyl sites for hydroxylation is 1. The van der Waals surface area contributed by atoms with E-state index in [9.17, 15) is 4.79 Å². The number of benzene rings is 2. The summed E-state index contributed by atoms with van der Waals surface area (Å²) in [6.45, 7) is 3.93. The predicted molar refractivity (Wildman–Crippen MR) is 115 cm³/mol. The molecule has 5 nitrogen and oxygen atoms in total. The molecule has 1 unspecified atom stereocenters. The smallest absolute Gasteiger partial charge is 0.230 e. The van der Waals surface area contributed by atoms with Crippen LogP contribution in [0.3, 0.4) is 0 Å². The van der Waals surface area contributed by atoms with Crippen molar-refractivity contribution in [1.82, 2.24) is 15.1 Å². The normalized spacial score (nSPS) is 19.2. The highest BCUT2D eigenvalue weighted by Gasteiger charge is 2.51. The van der Waals surface area contributed by atoms with E-state index < -0.39 is 0 Å². The molecule has 2 heterocycles. The van der Waals surface area contributed by atoms with Crippen molar-refractivity contribution in [2.75, 3.05) is 13.2 Å². The van der Waals surface area contributed by atoms with Crippen molar-refractivity contribution in [3.05, 3.63) is 88.7 Å². The average molecular weight is 402 g/mol. The molecule has 1 fully saturated rings. The van der Waals surface area contributed by atoms with Gasteiger partial charge in [0.25, 0.3) is 0 Å². The van der Waals surface area contributed by atoms with Crippen LogP contribution in [0.5, 0.6) is 0 Å². The molecule has 0 radical (unpaired) electrons. The zero-order valence-corrected chi connectivity index (χ0v) is 17.3. The molecule has 2 aliphatic rings. The lowest BCUT2D eigenvalue weighted by Crippen LogP contribution is -2.38. The van der Waals surface area contributed by atoms with Gasteiger partial charge in [0.15, 0.2) is 0 Å². The summed E-state index contributed by atoms with van der Waals surface area (Å²) in [5.41, 5.74) is 5.36. The fraction of sp³-hybridized carbons (Fsp3) is 0.360. The first-order valence-corrected chi connectivity index (χ1v) is 10.7. The summed E-state index contributed by atoms with van der Waals surface area (Å²) in [4.78, 5) is 13.0. The summed E-state index contributed by atoms with van der Waals surface area (Å²) in [5.74, 6) is 0.103. The van der Waals surface area contributed by atoms with Crippen LogP contribution in [0.4, 0.5) is 0 Å². The number of hydrogen-bond acceptors (Lipinski definition) is 3. The van der Waals surface area contributed by atoms with Crippen LogP contribution in [-0.4, -0.2) is 28.8 Å². The van der Waals surface area contributed by atoms with Gasteiger partial charge >= 0.3 is 0 Å². The number of fused-ring (bicyclic) bond motifs is 1. The molecule has 0 saturated heterocycles. The van der Waals surface area contributed by atoms with Gasteiger partial charge in [-0.05, 0) is 42.9 Å². The number of carbonyl (C=O) groups is 1. The van der Waals surface area contributed by atoms with Crippen molar-refractivity contribution in [3.8, 4) is 0 Å². The molecule has 5 rings (SSSR count). The zero-order chi connectivity index (χ0) is 20.6. The monoisotopic (exact) mass is 401 g/mol. The Bertz CT molecular complexity index is 1040. The Hall–Kier alpha value is -2.92. The number of hydrogen-bond donors (Lipinski definition) is 1. The minimum absolute atomic E-state index is 0.103. The van der Waals surface area contributed by atoms with Crippen molar-refractivity contribution < 1.29 is 9.53 Å². The van der Waals surface area contributed by atoms with E-state index >= 15 is 0 Å². The average Bonchev–Trinajstić information content (AvgIpc) is 3.47. The van der Waals surface area contributed by atoms with Gasteiger partial charge in [-0.3, -0.25) is 9.48 Å². The van der Waals surface area contributed by atoms with Crippen LogP contribution in [0, 0.1) is 6.92 Å². The number of carbonyl (C=O) groups excluding carboxylic acids is 1. The number of amides is 1. The molecule has 1 atom stereocenters. The molecular weight excluding hydrogens is 374 g/mol. The van der Waals surface area contributed by atoms with E-state index in [0.717, 1.165) is 37.1 Å². The maximum Gasteiger partial charge on any atom is 0.230 e. The van der Waals surface area contributed by atoms with E-state index in [0.29, 0.717) is 13.2 Å². The molecule has 1 aliphatic carbocycles. The highest BCUT2D eigenvalue weighted by molar-refractivity contribution is 5.91. The molecule has 154 valence electrons. The van der Waals surface area contributed by atoms with Crippen LogP contribution < -0.4 is 5.32 Å². The third kappa shape index (κ3) is 3.65. The van der Waals surface area contributed by atoms with E-state index in [1.165, 1.54) is 16.7 Å². The quantitative estimate of drug-likeness (QED) is 0.685. The summed E-state index contributed by atoms with van der Waals surface area (Å²) in [6, 6.07) is 18.7. The highest BCUT2D eigenvalue weighted by atomic mass is 16.5. The van der Waals surface area contributed by atoms with Gasteiger partial charge in [-0.15, -0.1) is 0 Å². The SMILES string of the molecule is Cc1ccc(C2(C(=O)NCC3OCCc4cn(Cc5ccccc5)nc43)CC2)cc1. The van der Waals surface area contributed by atoms with Gasteiger partial charge < -0.3 is 10.1 Å². The topological polar surface area (TPSA) is 56.1 Å². The third-order valence-corrected chi connectivity index (χ3v) is 6.29. The van der Waals surface area contributed by atoms with Crippen LogP contribution in [-0.2, 0) is 27.9 Å². The second kappa shape index (κ2) is 7.73. The standard InChI is InChI=1S/C25H27N3O2/c1-18-7-9-21(10-8-18)25(12-13-25)24(29)26-15-22-23-20(11-14-30-22)17-28(27-23)16-19-5-3-2-4-6-19/h2-10,17,22H,11-16H2,1H3,(H,26,29). The van der Waals surface area contributed by atoms with Crippen molar-refractivity contribution in [3.63, 3.8) is 0 Å². The van der Waals surface area contributed by atoms with Crippen molar-refractivity contribution in [2.45, 2.75) is 44.2 Å². The molecule has 5 heteroatoms. The molecule has 0 bridgehead atoms. The van der Waals surface area contributed by atoms with Gasteiger partial charge in [-0.2, -0.15) is 5.10 Å². The van der Waals surface area contributed by atoms with Crippen molar-refractivity contribution >= 4 is 5.91 Å². The van der Waals surface area contributed by atoms with Crippen LogP contribution in [0.25, 0.3) is 0 Å². The summed E-state index contributed by atoms with van der Waals surface area (Å²) in [6.07, 6.45) is 4.61. The van der Waals surface area contributed by atoms with Gasteiger partial charge in [-0.1, -0.05) is 60.2 Å². The summed E-state index contributed by atoms with van der Waals surface area (Å²) in [7, 11) is 0. The Morgan fingerprint density at radius 3 is 2.67 bits per heavy atom. The Labute approximate surface area is 177 Å². The fourth-order valence-electron chi connectivity index (χ4n) is 4.34. The lowest BCUT2D eigenvalue weighted by atomic mass is 9.94. The number of ether oxygens (including phenoxy) is 1. The first-order chi connectivity index (χ1) is 14.6. The molecule has 1 aliphatic heterocycles. The van der Waals surface area contributed by atoms with Gasteiger partial charge in [0.05, 0.1) is 24.3 Å². The molecule has 0 spiro atoms. The zero-order valence-electron chi connectivity index (χ0n) is 17.3. The maximum atomic E-state index is 13.0. The Morgan fingerprint density at radius 2 is 1.93 bits per heavy atom. The Morgan fingerprint density at radius 1 is 1.17 bits per heavy atom. The Balaban J connectivity index is 1.27. The van der Waals surface area contributed by atoms with Gasteiger partial charge in [0, 0.05) is 12.7 Å². The fourth-order valence-corrected chi connectivity index (χ4v) is 4.34. The summed E-state index contributed by atoms with van der Waals surface area (Å²) >= 11 is 0. The van der Waals surface area contributed by atoms with E-state index in [-0.39, 0.29) is 17.4 Å². The van der Waals surface area contributed by atoms with E-state index in [4.69, 9.17) is 9.84 Å². The second-order valence-electron chi connectivity index (χ2n) is 8.49. The molecule has 1 amide bonds. The highest BCUT2D eigenvalue weighted by Crippen LogP contribution is 2.48. The van der Waals surface area contributed by atoms with E-state index in [1.54, 1.807) is 0 Å². The predicted octanol–water partition coefficient (Wildman–Crippen LogP) is 3.70. The second-order valence-corrected chi connectivity index (χ2v) is 8.49. The molecule has 3 aromatic rings. The molecule has 1 saturated carbocycles. The molecule has 1 aromatic heterocycles. The minimum atomic E-state index is -0.363. The largest absolute Gasteiger partial charge is 0.370 e. The summed E-state index contributed by atoms with van der Waals surface area (Å²) < 4.78 is 7.97. The molecule has 1 N–H and O–H groups in total. The number of aromatic nitrogens is 2.